The first-order valence-corrected chi connectivity index (χ1v) is 6.96. The third-order valence-corrected chi connectivity index (χ3v) is 4.08. The molecule has 1 aliphatic rings. The lowest BCUT2D eigenvalue weighted by atomic mass is 9.85. The molecule has 0 saturated carbocycles. The molecule has 1 N–H and O–H groups in total. The fraction of sp³-hybridized carbons (Fsp3) is 0.929. The number of hydrogen-bond donors (Lipinski definition) is 1. The van der Waals surface area contributed by atoms with Gasteiger partial charge >= 0.3 is 0 Å². The lowest BCUT2D eigenvalue weighted by Crippen LogP contribution is -2.49. The summed E-state index contributed by atoms with van der Waals surface area (Å²) < 4.78 is 5.96. The highest BCUT2D eigenvalue weighted by atomic mass is 16.5. The zero-order chi connectivity index (χ0) is 12.7. The van der Waals surface area contributed by atoms with Crippen LogP contribution >= 0.6 is 0 Å². The van der Waals surface area contributed by atoms with E-state index in [0.717, 1.165) is 38.7 Å². The molecule has 3 nitrogen and oxygen atoms in total. The van der Waals surface area contributed by atoms with E-state index < -0.39 is 0 Å². The lowest BCUT2D eigenvalue weighted by molar-refractivity contribution is -0.0940. The maximum Gasteiger partial charge on any atom is 0.0692 e. The third kappa shape index (κ3) is 3.97. The molecule has 2 unspecified atom stereocenters. The molecular formula is C14H26N2O. The summed E-state index contributed by atoms with van der Waals surface area (Å²) in [4.78, 5) is 0. The van der Waals surface area contributed by atoms with Crippen molar-refractivity contribution in [3.8, 4) is 6.07 Å². The van der Waals surface area contributed by atoms with Crippen LogP contribution in [0.3, 0.4) is 0 Å². The van der Waals surface area contributed by atoms with Crippen molar-refractivity contribution in [3.63, 3.8) is 0 Å². The second-order valence-electron chi connectivity index (χ2n) is 5.06. The Kier molecular flexibility index (Phi) is 5.94. The highest BCUT2D eigenvalue weighted by Crippen LogP contribution is 2.31. The topological polar surface area (TPSA) is 45.0 Å². The van der Waals surface area contributed by atoms with Gasteiger partial charge in [0.1, 0.15) is 0 Å². The monoisotopic (exact) mass is 238 g/mol. The minimum absolute atomic E-state index is 0.0703. The van der Waals surface area contributed by atoms with Gasteiger partial charge in [0.05, 0.1) is 18.1 Å². The van der Waals surface area contributed by atoms with E-state index in [1.807, 2.05) is 0 Å². The van der Waals surface area contributed by atoms with Gasteiger partial charge in [-0.2, -0.15) is 5.26 Å². The number of nitrogens with zero attached hydrogens (tertiary/aromatic N) is 1. The first-order chi connectivity index (χ1) is 8.19. The molecule has 0 aromatic carbocycles. The van der Waals surface area contributed by atoms with Crippen LogP contribution in [0.25, 0.3) is 0 Å². The van der Waals surface area contributed by atoms with E-state index in [2.05, 4.69) is 32.2 Å². The Morgan fingerprint density at radius 3 is 2.65 bits per heavy atom. The van der Waals surface area contributed by atoms with E-state index >= 15 is 0 Å². The molecule has 0 aliphatic carbocycles. The van der Waals surface area contributed by atoms with E-state index in [0.29, 0.717) is 18.5 Å². The van der Waals surface area contributed by atoms with E-state index in [4.69, 9.17) is 10.00 Å². The highest BCUT2D eigenvalue weighted by Gasteiger charge is 2.34. The van der Waals surface area contributed by atoms with Gasteiger partial charge in [-0.25, -0.2) is 0 Å². The second kappa shape index (κ2) is 6.98. The predicted molar refractivity (Wildman–Crippen MR) is 69.7 cm³/mol. The predicted octanol–water partition coefficient (Wildman–Crippen LogP) is 3.01. The summed E-state index contributed by atoms with van der Waals surface area (Å²) in [5, 5.41) is 12.4. The van der Waals surface area contributed by atoms with Gasteiger partial charge in [0.25, 0.3) is 0 Å². The molecule has 1 saturated heterocycles. The molecule has 1 heterocycles. The first-order valence-electron chi connectivity index (χ1n) is 6.96. The number of nitriles is 1. The molecule has 2 atom stereocenters. The van der Waals surface area contributed by atoms with Gasteiger partial charge in [0.15, 0.2) is 0 Å². The standard InChI is InChI=1S/C14H26N2O/c1-4-12(7-9-15)16-13-8-10-17-14(5-2,6-3)11-13/h12-13,16H,4-8,10-11H2,1-3H3. The fourth-order valence-corrected chi connectivity index (χ4v) is 2.68. The minimum Gasteiger partial charge on any atom is -0.375 e. The van der Waals surface area contributed by atoms with Gasteiger partial charge in [0, 0.05) is 18.7 Å². The van der Waals surface area contributed by atoms with E-state index in [1.54, 1.807) is 0 Å². The number of rotatable bonds is 6. The molecule has 98 valence electrons. The van der Waals surface area contributed by atoms with Gasteiger partial charge in [-0.1, -0.05) is 20.8 Å². The van der Waals surface area contributed by atoms with Crippen molar-refractivity contribution in [1.29, 1.82) is 5.26 Å². The molecule has 0 spiro atoms. The Morgan fingerprint density at radius 2 is 2.12 bits per heavy atom. The van der Waals surface area contributed by atoms with Crippen molar-refractivity contribution in [3.05, 3.63) is 0 Å². The van der Waals surface area contributed by atoms with Crippen LogP contribution in [0, 0.1) is 11.3 Å². The molecule has 1 aliphatic heterocycles. The summed E-state index contributed by atoms with van der Waals surface area (Å²) in [5.41, 5.74) is 0.0703. The van der Waals surface area contributed by atoms with Crippen LogP contribution in [0.4, 0.5) is 0 Å². The third-order valence-electron chi connectivity index (χ3n) is 4.08. The molecule has 17 heavy (non-hydrogen) atoms. The average molecular weight is 238 g/mol. The lowest BCUT2D eigenvalue weighted by Gasteiger charge is -2.41. The van der Waals surface area contributed by atoms with Crippen LogP contribution in [0.15, 0.2) is 0 Å². The maximum absolute atomic E-state index is 8.78. The van der Waals surface area contributed by atoms with Crippen LogP contribution in [-0.2, 0) is 4.74 Å². The Balaban J connectivity index is 2.52. The molecule has 3 heteroatoms. The van der Waals surface area contributed by atoms with Gasteiger partial charge in [-0.15, -0.1) is 0 Å². The summed E-state index contributed by atoms with van der Waals surface area (Å²) in [7, 11) is 0. The largest absolute Gasteiger partial charge is 0.375 e. The van der Waals surface area contributed by atoms with E-state index in [9.17, 15) is 0 Å². The molecule has 1 fully saturated rings. The van der Waals surface area contributed by atoms with Crippen LogP contribution in [0.5, 0.6) is 0 Å². The fourth-order valence-electron chi connectivity index (χ4n) is 2.68. The quantitative estimate of drug-likeness (QED) is 0.773. The van der Waals surface area contributed by atoms with Crippen molar-refractivity contribution in [1.82, 2.24) is 5.32 Å². The summed E-state index contributed by atoms with van der Waals surface area (Å²) in [6.07, 6.45) is 5.95. The van der Waals surface area contributed by atoms with Crippen LogP contribution in [0.2, 0.25) is 0 Å². The SMILES string of the molecule is CCC(CC#N)NC1CCOC(CC)(CC)C1. The second-order valence-corrected chi connectivity index (χ2v) is 5.06. The number of hydrogen-bond acceptors (Lipinski definition) is 3. The van der Waals surface area contributed by atoms with Gasteiger partial charge < -0.3 is 10.1 Å². The molecule has 0 amide bonds. The van der Waals surface area contributed by atoms with Gasteiger partial charge in [-0.05, 0) is 32.1 Å². The van der Waals surface area contributed by atoms with Crippen LogP contribution in [0.1, 0.15) is 59.3 Å². The normalized spacial score (nSPS) is 25.2. The smallest absolute Gasteiger partial charge is 0.0692 e. The maximum atomic E-state index is 8.78. The first kappa shape index (κ1) is 14.5. The summed E-state index contributed by atoms with van der Waals surface area (Å²) >= 11 is 0. The average Bonchev–Trinajstić information content (AvgIpc) is 2.38. The molecule has 1 rings (SSSR count). The van der Waals surface area contributed by atoms with Crippen molar-refractivity contribution < 1.29 is 4.74 Å². The van der Waals surface area contributed by atoms with Crippen molar-refractivity contribution in [2.24, 2.45) is 0 Å². The number of nitrogens with one attached hydrogen (secondary N) is 1. The van der Waals surface area contributed by atoms with Gasteiger partial charge in [-0.3, -0.25) is 0 Å². The Bertz CT molecular complexity index is 255. The summed E-state index contributed by atoms with van der Waals surface area (Å²) in [5.74, 6) is 0. The van der Waals surface area contributed by atoms with Crippen molar-refractivity contribution in [2.75, 3.05) is 6.61 Å². The molecule has 0 radical (unpaired) electrons. The van der Waals surface area contributed by atoms with Crippen LogP contribution in [-0.4, -0.2) is 24.3 Å². The summed E-state index contributed by atoms with van der Waals surface area (Å²) in [6.45, 7) is 7.40. The molecule has 0 aromatic rings. The Labute approximate surface area is 106 Å². The zero-order valence-electron chi connectivity index (χ0n) is 11.5. The molecular weight excluding hydrogens is 212 g/mol. The molecule has 0 bridgehead atoms. The number of ether oxygens (including phenoxy) is 1. The summed E-state index contributed by atoms with van der Waals surface area (Å²) in [6, 6.07) is 3.12. The Hall–Kier alpha value is -0.590. The minimum atomic E-state index is 0.0703. The Morgan fingerprint density at radius 1 is 1.41 bits per heavy atom. The van der Waals surface area contributed by atoms with Crippen molar-refractivity contribution in [2.45, 2.75) is 77.0 Å². The van der Waals surface area contributed by atoms with E-state index in [-0.39, 0.29) is 5.60 Å². The molecule has 0 aromatic heterocycles. The highest BCUT2D eigenvalue weighted by molar-refractivity contribution is 4.91. The van der Waals surface area contributed by atoms with Crippen LogP contribution < -0.4 is 5.32 Å². The zero-order valence-corrected chi connectivity index (χ0v) is 11.5. The van der Waals surface area contributed by atoms with E-state index in [1.165, 1.54) is 0 Å². The van der Waals surface area contributed by atoms with Gasteiger partial charge in [0.2, 0.25) is 0 Å². The van der Waals surface area contributed by atoms with Crippen molar-refractivity contribution >= 4 is 0 Å².